The monoisotopic (exact) mass is 242 g/mol. The number of hydrogen-bond acceptors (Lipinski definition) is 3. The molecule has 0 saturated carbocycles. The molecule has 1 heterocycles. The Morgan fingerprint density at radius 1 is 1.50 bits per heavy atom. The van der Waals surface area contributed by atoms with E-state index in [1.54, 1.807) is 13.3 Å². The maximum Gasteiger partial charge on any atom is 0.133 e. The number of ether oxygens (including phenoxy) is 1. The molecule has 3 nitrogen and oxygen atoms in total. The molecule has 0 aromatic carbocycles. The fraction of sp³-hybridized carbons (Fsp3) is 0.583. The number of hydrogen-bond donors (Lipinski definition) is 0. The molecule has 0 aliphatic heterocycles. The number of aromatic nitrogens is 1. The predicted octanol–water partition coefficient (Wildman–Crippen LogP) is 2.68. The first kappa shape index (κ1) is 13.3. The van der Waals surface area contributed by atoms with Gasteiger partial charge in [-0.1, -0.05) is 6.07 Å². The van der Waals surface area contributed by atoms with Crippen LogP contribution in [0.2, 0.25) is 0 Å². The van der Waals surface area contributed by atoms with Gasteiger partial charge < -0.3 is 9.64 Å². The Labute approximate surface area is 102 Å². The molecule has 0 amide bonds. The van der Waals surface area contributed by atoms with Crippen LogP contribution in [0.25, 0.3) is 0 Å². The largest absolute Gasteiger partial charge is 0.383 e. The van der Waals surface area contributed by atoms with Gasteiger partial charge >= 0.3 is 0 Å². The van der Waals surface area contributed by atoms with Gasteiger partial charge in [-0.25, -0.2) is 4.98 Å². The van der Waals surface area contributed by atoms with Crippen molar-refractivity contribution in [3.05, 3.63) is 23.9 Å². The van der Waals surface area contributed by atoms with Crippen LogP contribution < -0.4 is 4.90 Å². The minimum absolute atomic E-state index is 0.381. The predicted molar refractivity (Wildman–Crippen MR) is 68.2 cm³/mol. The number of anilines is 1. The molecule has 0 aliphatic carbocycles. The second-order valence-electron chi connectivity index (χ2n) is 3.90. The van der Waals surface area contributed by atoms with Crippen LogP contribution in [-0.2, 0) is 10.6 Å². The number of pyridine rings is 1. The van der Waals surface area contributed by atoms with E-state index in [2.05, 4.69) is 23.7 Å². The standard InChI is InChI=1S/C12H19ClN2O/c1-10(2)15(7-8-16-3)12-11(9-13)5-4-6-14-12/h4-6,10H,7-9H2,1-3H3. The molecule has 0 radical (unpaired) electrons. The molecule has 16 heavy (non-hydrogen) atoms. The highest BCUT2D eigenvalue weighted by Crippen LogP contribution is 2.20. The Morgan fingerprint density at radius 2 is 2.25 bits per heavy atom. The van der Waals surface area contributed by atoms with E-state index in [0.717, 1.165) is 17.9 Å². The molecule has 1 aromatic rings. The van der Waals surface area contributed by atoms with E-state index >= 15 is 0 Å². The summed E-state index contributed by atoms with van der Waals surface area (Å²) in [5, 5.41) is 0. The third-order valence-electron chi connectivity index (χ3n) is 2.44. The number of nitrogens with zero attached hydrogens (tertiary/aromatic N) is 2. The van der Waals surface area contributed by atoms with Crippen molar-refractivity contribution >= 4 is 17.4 Å². The fourth-order valence-electron chi connectivity index (χ4n) is 1.59. The second-order valence-corrected chi connectivity index (χ2v) is 4.17. The fourth-order valence-corrected chi connectivity index (χ4v) is 1.80. The summed E-state index contributed by atoms with van der Waals surface area (Å²) >= 11 is 5.92. The van der Waals surface area contributed by atoms with Gasteiger partial charge in [0.15, 0.2) is 0 Å². The maximum atomic E-state index is 5.92. The summed E-state index contributed by atoms with van der Waals surface area (Å²) in [6.07, 6.45) is 1.80. The zero-order valence-corrected chi connectivity index (χ0v) is 10.9. The first-order valence-electron chi connectivity index (χ1n) is 5.46. The van der Waals surface area contributed by atoms with Gasteiger partial charge in [-0.2, -0.15) is 0 Å². The van der Waals surface area contributed by atoms with Crippen molar-refractivity contribution in [1.29, 1.82) is 0 Å². The average molecular weight is 243 g/mol. The molecular weight excluding hydrogens is 224 g/mol. The third kappa shape index (κ3) is 3.35. The van der Waals surface area contributed by atoms with Gasteiger partial charge in [0.05, 0.1) is 12.5 Å². The first-order chi connectivity index (χ1) is 7.70. The molecule has 0 fully saturated rings. The molecule has 90 valence electrons. The van der Waals surface area contributed by atoms with E-state index in [4.69, 9.17) is 16.3 Å². The molecule has 1 rings (SSSR count). The quantitative estimate of drug-likeness (QED) is 0.718. The summed E-state index contributed by atoms with van der Waals surface area (Å²) in [6.45, 7) is 5.80. The van der Waals surface area contributed by atoms with E-state index in [1.165, 1.54) is 0 Å². The van der Waals surface area contributed by atoms with E-state index in [1.807, 2.05) is 12.1 Å². The lowest BCUT2D eigenvalue weighted by atomic mass is 10.2. The van der Waals surface area contributed by atoms with Crippen LogP contribution in [0.15, 0.2) is 18.3 Å². The maximum absolute atomic E-state index is 5.92. The minimum Gasteiger partial charge on any atom is -0.383 e. The summed E-state index contributed by atoms with van der Waals surface area (Å²) in [7, 11) is 1.71. The van der Waals surface area contributed by atoms with Gasteiger partial charge in [0.1, 0.15) is 5.82 Å². The Kier molecular flexibility index (Phi) is 5.56. The van der Waals surface area contributed by atoms with Crippen molar-refractivity contribution in [3.63, 3.8) is 0 Å². The van der Waals surface area contributed by atoms with E-state index in [9.17, 15) is 0 Å². The van der Waals surface area contributed by atoms with Crippen LogP contribution in [0.1, 0.15) is 19.4 Å². The summed E-state index contributed by atoms with van der Waals surface area (Å²) in [6, 6.07) is 4.31. The lowest BCUT2D eigenvalue weighted by molar-refractivity contribution is 0.203. The molecule has 0 spiro atoms. The smallest absolute Gasteiger partial charge is 0.133 e. The van der Waals surface area contributed by atoms with Crippen molar-refractivity contribution in [2.24, 2.45) is 0 Å². The summed E-state index contributed by atoms with van der Waals surface area (Å²) in [4.78, 5) is 6.62. The van der Waals surface area contributed by atoms with Gasteiger partial charge in [0.25, 0.3) is 0 Å². The molecular formula is C12H19ClN2O. The van der Waals surface area contributed by atoms with Crippen LogP contribution in [0.5, 0.6) is 0 Å². The highest BCUT2D eigenvalue weighted by molar-refractivity contribution is 6.17. The lowest BCUT2D eigenvalue weighted by Gasteiger charge is -2.29. The van der Waals surface area contributed by atoms with Gasteiger partial charge in [-0.05, 0) is 19.9 Å². The van der Waals surface area contributed by atoms with Crippen molar-refractivity contribution in [1.82, 2.24) is 4.98 Å². The van der Waals surface area contributed by atoms with Crippen LogP contribution in [-0.4, -0.2) is 31.3 Å². The van der Waals surface area contributed by atoms with Crippen LogP contribution in [0.3, 0.4) is 0 Å². The van der Waals surface area contributed by atoms with Crippen LogP contribution in [0, 0.1) is 0 Å². The molecule has 0 bridgehead atoms. The molecule has 0 aliphatic rings. The first-order valence-corrected chi connectivity index (χ1v) is 5.99. The zero-order chi connectivity index (χ0) is 12.0. The molecule has 0 atom stereocenters. The van der Waals surface area contributed by atoms with Gasteiger partial charge in [0.2, 0.25) is 0 Å². The van der Waals surface area contributed by atoms with E-state index < -0.39 is 0 Å². The second kappa shape index (κ2) is 6.71. The van der Waals surface area contributed by atoms with Crippen LogP contribution >= 0.6 is 11.6 Å². The minimum atomic E-state index is 0.381. The molecule has 0 N–H and O–H groups in total. The lowest BCUT2D eigenvalue weighted by Crippen LogP contribution is -2.35. The summed E-state index contributed by atoms with van der Waals surface area (Å²) < 4.78 is 5.12. The highest BCUT2D eigenvalue weighted by Gasteiger charge is 2.14. The van der Waals surface area contributed by atoms with Gasteiger partial charge in [0, 0.05) is 31.5 Å². The third-order valence-corrected chi connectivity index (χ3v) is 2.73. The molecule has 0 unspecified atom stereocenters. The Hall–Kier alpha value is -0.800. The zero-order valence-electron chi connectivity index (χ0n) is 10.1. The van der Waals surface area contributed by atoms with Crippen molar-refractivity contribution in [2.45, 2.75) is 25.8 Å². The van der Waals surface area contributed by atoms with E-state index in [0.29, 0.717) is 18.5 Å². The Morgan fingerprint density at radius 3 is 2.81 bits per heavy atom. The highest BCUT2D eigenvalue weighted by atomic mass is 35.5. The van der Waals surface area contributed by atoms with E-state index in [-0.39, 0.29) is 0 Å². The number of halogens is 1. The summed E-state index contributed by atoms with van der Waals surface area (Å²) in [5.41, 5.74) is 1.06. The number of rotatable bonds is 6. The molecule has 1 aromatic heterocycles. The summed E-state index contributed by atoms with van der Waals surface area (Å²) in [5.74, 6) is 1.45. The number of methoxy groups -OCH3 is 1. The van der Waals surface area contributed by atoms with Crippen molar-refractivity contribution in [3.8, 4) is 0 Å². The SMILES string of the molecule is COCCN(c1ncccc1CCl)C(C)C. The Bertz CT molecular complexity index is 318. The normalized spacial score (nSPS) is 10.8. The topological polar surface area (TPSA) is 25.4 Å². The van der Waals surface area contributed by atoms with Crippen molar-refractivity contribution in [2.75, 3.05) is 25.2 Å². The van der Waals surface area contributed by atoms with Crippen LogP contribution in [0.4, 0.5) is 5.82 Å². The van der Waals surface area contributed by atoms with Gasteiger partial charge in [-0.15, -0.1) is 11.6 Å². The van der Waals surface area contributed by atoms with Gasteiger partial charge in [-0.3, -0.25) is 0 Å². The molecule has 4 heteroatoms. The average Bonchev–Trinajstić information content (AvgIpc) is 2.29. The van der Waals surface area contributed by atoms with Crippen molar-refractivity contribution < 1.29 is 4.74 Å². The molecule has 0 saturated heterocycles. The number of alkyl halides is 1. The Balaban J connectivity index is 2.91.